The Morgan fingerprint density at radius 2 is 2.00 bits per heavy atom. The lowest BCUT2D eigenvalue weighted by atomic mass is 10.2. The minimum Gasteiger partial charge on any atom is -0.476 e. The predicted octanol–water partition coefficient (Wildman–Crippen LogP) is 1.82. The van der Waals surface area contributed by atoms with Crippen molar-refractivity contribution in [3.63, 3.8) is 0 Å². The molecule has 0 aliphatic heterocycles. The van der Waals surface area contributed by atoms with Crippen molar-refractivity contribution in [2.45, 2.75) is 11.5 Å². The SMILES string of the molecule is O=C(O)c1cc(CS(=O)Cc2ccccc2)on1. The van der Waals surface area contributed by atoms with Gasteiger partial charge in [0.05, 0.1) is 5.75 Å². The van der Waals surface area contributed by atoms with Crippen molar-refractivity contribution in [1.29, 1.82) is 0 Å². The third-order valence-corrected chi connectivity index (χ3v) is 3.51. The van der Waals surface area contributed by atoms with Gasteiger partial charge in [-0.3, -0.25) is 4.21 Å². The Labute approximate surface area is 106 Å². The highest BCUT2D eigenvalue weighted by Crippen LogP contribution is 2.10. The van der Waals surface area contributed by atoms with E-state index in [1.807, 2.05) is 30.3 Å². The fraction of sp³-hybridized carbons (Fsp3) is 0.167. The van der Waals surface area contributed by atoms with Gasteiger partial charge in [0.25, 0.3) is 0 Å². The minimum atomic E-state index is -1.15. The summed E-state index contributed by atoms with van der Waals surface area (Å²) in [6, 6.07) is 10.7. The van der Waals surface area contributed by atoms with Gasteiger partial charge < -0.3 is 9.63 Å². The zero-order chi connectivity index (χ0) is 13.0. The maximum Gasteiger partial charge on any atom is 0.358 e. The standard InChI is InChI=1S/C12H11NO4S/c14-12(15)11-6-10(17-13-11)8-18(16)7-9-4-2-1-3-5-9/h1-6H,7-8H2,(H,14,15). The lowest BCUT2D eigenvalue weighted by Crippen LogP contribution is -1.98. The van der Waals surface area contributed by atoms with E-state index in [1.165, 1.54) is 6.07 Å². The van der Waals surface area contributed by atoms with E-state index < -0.39 is 16.8 Å². The van der Waals surface area contributed by atoms with Crippen LogP contribution in [0, 0.1) is 0 Å². The summed E-state index contributed by atoms with van der Waals surface area (Å²) < 4.78 is 16.6. The normalized spacial score (nSPS) is 12.2. The molecule has 1 unspecified atom stereocenters. The first kappa shape index (κ1) is 12.5. The lowest BCUT2D eigenvalue weighted by molar-refractivity contribution is 0.0685. The highest BCUT2D eigenvalue weighted by molar-refractivity contribution is 7.83. The zero-order valence-corrected chi connectivity index (χ0v) is 10.2. The van der Waals surface area contributed by atoms with E-state index in [0.717, 1.165) is 5.56 Å². The van der Waals surface area contributed by atoms with E-state index >= 15 is 0 Å². The van der Waals surface area contributed by atoms with Gasteiger partial charge in [-0.05, 0) is 5.56 Å². The Kier molecular flexibility index (Phi) is 3.88. The first-order chi connectivity index (χ1) is 8.65. The second-order valence-electron chi connectivity index (χ2n) is 3.70. The molecule has 1 N–H and O–H groups in total. The molecule has 0 amide bonds. The maximum atomic E-state index is 11.8. The summed E-state index contributed by atoms with van der Waals surface area (Å²) in [6.07, 6.45) is 0. The molecule has 1 atom stereocenters. The summed E-state index contributed by atoms with van der Waals surface area (Å²) in [4.78, 5) is 10.6. The van der Waals surface area contributed by atoms with Gasteiger partial charge in [-0.25, -0.2) is 4.79 Å². The van der Waals surface area contributed by atoms with Gasteiger partial charge in [-0.2, -0.15) is 0 Å². The largest absolute Gasteiger partial charge is 0.476 e. The Bertz CT molecular complexity index is 564. The van der Waals surface area contributed by atoms with Crippen molar-refractivity contribution in [2.75, 3.05) is 0 Å². The van der Waals surface area contributed by atoms with Crippen LogP contribution >= 0.6 is 0 Å². The number of hydrogen-bond donors (Lipinski definition) is 1. The van der Waals surface area contributed by atoms with Crippen LogP contribution in [-0.4, -0.2) is 20.4 Å². The fourth-order valence-electron chi connectivity index (χ4n) is 1.45. The van der Waals surface area contributed by atoms with Crippen LogP contribution < -0.4 is 0 Å². The molecule has 1 aromatic heterocycles. The third-order valence-electron chi connectivity index (χ3n) is 2.25. The number of aromatic nitrogens is 1. The molecule has 5 nitrogen and oxygen atoms in total. The molecule has 94 valence electrons. The van der Waals surface area contributed by atoms with Crippen LogP contribution in [0.5, 0.6) is 0 Å². The van der Waals surface area contributed by atoms with Crippen molar-refractivity contribution in [2.24, 2.45) is 0 Å². The molecule has 0 saturated carbocycles. The summed E-state index contributed by atoms with van der Waals surface area (Å²) in [7, 11) is -1.15. The first-order valence-electron chi connectivity index (χ1n) is 5.23. The molecular formula is C12H11NO4S. The Morgan fingerprint density at radius 1 is 1.28 bits per heavy atom. The average Bonchev–Trinajstić information content (AvgIpc) is 2.78. The predicted molar refractivity (Wildman–Crippen MR) is 65.5 cm³/mol. The quantitative estimate of drug-likeness (QED) is 0.891. The van der Waals surface area contributed by atoms with Crippen LogP contribution in [0.25, 0.3) is 0 Å². The molecule has 2 aromatic rings. The van der Waals surface area contributed by atoms with E-state index in [1.54, 1.807) is 0 Å². The number of aromatic carboxylic acids is 1. The van der Waals surface area contributed by atoms with Crippen molar-refractivity contribution < 1.29 is 18.6 Å². The number of rotatable bonds is 5. The van der Waals surface area contributed by atoms with Gasteiger partial charge in [0, 0.05) is 22.6 Å². The molecule has 0 spiro atoms. The van der Waals surface area contributed by atoms with Gasteiger partial charge in [0.15, 0.2) is 5.69 Å². The van der Waals surface area contributed by atoms with Crippen molar-refractivity contribution in [1.82, 2.24) is 5.16 Å². The summed E-state index contributed by atoms with van der Waals surface area (Å²) in [5.41, 5.74) is 0.801. The number of hydrogen-bond acceptors (Lipinski definition) is 4. The fourth-order valence-corrected chi connectivity index (χ4v) is 2.57. The van der Waals surface area contributed by atoms with Gasteiger partial charge >= 0.3 is 5.97 Å². The number of carbonyl (C=O) groups is 1. The molecule has 1 heterocycles. The topological polar surface area (TPSA) is 80.4 Å². The number of benzene rings is 1. The van der Waals surface area contributed by atoms with E-state index in [2.05, 4.69) is 5.16 Å². The van der Waals surface area contributed by atoms with Crippen LogP contribution in [0.15, 0.2) is 40.9 Å². The monoisotopic (exact) mass is 265 g/mol. The van der Waals surface area contributed by atoms with Crippen LogP contribution in [0.3, 0.4) is 0 Å². The minimum absolute atomic E-state index is 0.162. The summed E-state index contributed by atoms with van der Waals surface area (Å²) in [5, 5.41) is 12.0. The van der Waals surface area contributed by atoms with Gasteiger partial charge in [-0.1, -0.05) is 35.5 Å². The van der Waals surface area contributed by atoms with Crippen molar-refractivity contribution in [3.8, 4) is 0 Å². The number of carboxylic acids is 1. The molecular weight excluding hydrogens is 254 g/mol. The maximum absolute atomic E-state index is 11.8. The van der Waals surface area contributed by atoms with Gasteiger partial charge in [0.2, 0.25) is 0 Å². The zero-order valence-electron chi connectivity index (χ0n) is 9.41. The van der Waals surface area contributed by atoms with Crippen molar-refractivity contribution in [3.05, 3.63) is 53.4 Å². The second-order valence-corrected chi connectivity index (χ2v) is 5.15. The Morgan fingerprint density at radius 3 is 2.61 bits per heavy atom. The average molecular weight is 265 g/mol. The number of nitrogens with zero attached hydrogens (tertiary/aromatic N) is 1. The highest BCUT2D eigenvalue weighted by atomic mass is 32.2. The molecule has 0 saturated heterocycles. The summed E-state index contributed by atoms with van der Waals surface area (Å²) in [6.45, 7) is 0. The van der Waals surface area contributed by atoms with Crippen LogP contribution in [-0.2, 0) is 22.3 Å². The number of carboxylic acid groups (broad SMARTS) is 1. The summed E-state index contributed by atoms with van der Waals surface area (Å²) in [5.74, 6) is -0.264. The molecule has 6 heteroatoms. The second kappa shape index (κ2) is 5.59. The molecule has 0 aliphatic rings. The molecule has 0 radical (unpaired) electrons. The Balaban J connectivity index is 1.97. The van der Waals surface area contributed by atoms with E-state index in [9.17, 15) is 9.00 Å². The molecule has 2 rings (SSSR count). The van der Waals surface area contributed by atoms with Crippen LogP contribution in [0.4, 0.5) is 0 Å². The lowest BCUT2D eigenvalue weighted by Gasteiger charge is -1.99. The highest BCUT2D eigenvalue weighted by Gasteiger charge is 2.13. The van der Waals surface area contributed by atoms with Crippen LogP contribution in [0.2, 0.25) is 0 Å². The molecule has 18 heavy (non-hydrogen) atoms. The first-order valence-corrected chi connectivity index (χ1v) is 6.72. The Hall–Kier alpha value is -1.95. The molecule has 1 aromatic carbocycles. The van der Waals surface area contributed by atoms with Crippen molar-refractivity contribution >= 4 is 16.8 Å². The molecule has 0 aliphatic carbocycles. The van der Waals surface area contributed by atoms with Crippen LogP contribution in [0.1, 0.15) is 21.8 Å². The third kappa shape index (κ3) is 3.27. The smallest absolute Gasteiger partial charge is 0.358 e. The van der Waals surface area contributed by atoms with E-state index in [4.69, 9.17) is 9.63 Å². The summed E-state index contributed by atoms with van der Waals surface area (Å²) >= 11 is 0. The van der Waals surface area contributed by atoms with Gasteiger partial charge in [-0.15, -0.1) is 0 Å². The van der Waals surface area contributed by atoms with E-state index in [-0.39, 0.29) is 11.4 Å². The molecule has 0 bridgehead atoms. The van der Waals surface area contributed by atoms with Gasteiger partial charge in [0.1, 0.15) is 5.76 Å². The molecule has 0 fully saturated rings. The van der Waals surface area contributed by atoms with E-state index in [0.29, 0.717) is 11.5 Å².